The summed E-state index contributed by atoms with van der Waals surface area (Å²) in [6.07, 6.45) is 2.22. The molecule has 3 rings (SSSR count). The van der Waals surface area contributed by atoms with Gasteiger partial charge in [0.25, 0.3) is 0 Å². The summed E-state index contributed by atoms with van der Waals surface area (Å²) in [4.78, 5) is 45.2. The Hall–Kier alpha value is -3.76. The molecule has 2 heterocycles. The van der Waals surface area contributed by atoms with E-state index in [0.717, 1.165) is 0 Å². The van der Waals surface area contributed by atoms with E-state index in [1.807, 2.05) is 0 Å². The van der Waals surface area contributed by atoms with Gasteiger partial charge in [-0.2, -0.15) is 0 Å². The first kappa shape index (κ1) is 22.9. The van der Waals surface area contributed by atoms with Crippen molar-refractivity contribution < 1.29 is 28.6 Å². The van der Waals surface area contributed by atoms with Crippen molar-refractivity contribution in [1.82, 2.24) is 15.3 Å². The third kappa shape index (κ3) is 5.90. The number of carboxylic acid groups (broad SMARTS) is 1. The number of carboxylic acids is 1. The van der Waals surface area contributed by atoms with Gasteiger partial charge in [0, 0.05) is 26.6 Å². The molecular formula is C21H24FN5O5. The lowest BCUT2D eigenvalue weighted by Gasteiger charge is -2.21. The Labute approximate surface area is 184 Å². The summed E-state index contributed by atoms with van der Waals surface area (Å²) in [6, 6.07) is 4.44. The largest absolute Gasteiger partial charge is 0.481 e. The van der Waals surface area contributed by atoms with Crippen LogP contribution in [0, 0.1) is 5.82 Å². The highest BCUT2D eigenvalue weighted by molar-refractivity contribution is 5.90. The first-order chi connectivity index (χ1) is 15.2. The second-order valence-electron chi connectivity index (χ2n) is 7.44. The number of hydrogen-bond acceptors (Lipinski definition) is 7. The van der Waals surface area contributed by atoms with Gasteiger partial charge in [0.15, 0.2) is 0 Å². The van der Waals surface area contributed by atoms with Gasteiger partial charge in [0.1, 0.15) is 11.9 Å². The summed E-state index contributed by atoms with van der Waals surface area (Å²) in [5.41, 5.74) is 1.84. The Morgan fingerprint density at radius 1 is 1.31 bits per heavy atom. The average Bonchev–Trinajstić information content (AvgIpc) is 3.12. The van der Waals surface area contributed by atoms with E-state index in [1.165, 1.54) is 30.3 Å². The molecule has 0 bridgehead atoms. The molecule has 1 aliphatic heterocycles. The molecule has 1 atom stereocenters. The van der Waals surface area contributed by atoms with Crippen LogP contribution >= 0.6 is 0 Å². The van der Waals surface area contributed by atoms with E-state index in [1.54, 1.807) is 24.1 Å². The van der Waals surface area contributed by atoms with E-state index in [0.29, 0.717) is 29.2 Å². The minimum Gasteiger partial charge on any atom is -0.481 e. The molecule has 32 heavy (non-hydrogen) atoms. The molecule has 1 aromatic heterocycles. The van der Waals surface area contributed by atoms with Gasteiger partial charge in [-0.05, 0) is 18.2 Å². The SMILES string of the molecule is CC(=O)NC[C@H]1CN(c2ccc(N(C)Cc3cnc(CCC(=O)O)cn3)c(F)c2)C(=O)O1. The highest BCUT2D eigenvalue weighted by atomic mass is 19.1. The van der Waals surface area contributed by atoms with Crippen molar-refractivity contribution in [2.75, 3.05) is 29.9 Å². The van der Waals surface area contributed by atoms with Crippen LogP contribution in [0.25, 0.3) is 0 Å². The van der Waals surface area contributed by atoms with Crippen LogP contribution in [0.3, 0.4) is 0 Å². The van der Waals surface area contributed by atoms with Gasteiger partial charge in [-0.25, -0.2) is 9.18 Å². The molecule has 10 nitrogen and oxygen atoms in total. The molecule has 0 saturated carbocycles. The number of aromatic nitrogens is 2. The predicted octanol–water partition coefficient (Wildman–Crippen LogP) is 1.73. The molecule has 1 fully saturated rings. The number of cyclic esters (lactones) is 1. The van der Waals surface area contributed by atoms with Crippen LogP contribution in [0.2, 0.25) is 0 Å². The van der Waals surface area contributed by atoms with Crippen molar-refractivity contribution in [3.05, 3.63) is 47.8 Å². The second-order valence-corrected chi connectivity index (χ2v) is 7.44. The van der Waals surface area contributed by atoms with Gasteiger partial charge in [0.2, 0.25) is 5.91 Å². The number of anilines is 2. The van der Waals surface area contributed by atoms with Crippen LogP contribution in [-0.2, 0) is 27.3 Å². The number of nitrogens with zero attached hydrogens (tertiary/aromatic N) is 4. The van der Waals surface area contributed by atoms with E-state index in [2.05, 4.69) is 15.3 Å². The van der Waals surface area contributed by atoms with E-state index in [-0.39, 0.29) is 32.0 Å². The molecular weight excluding hydrogens is 421 g/mol. The molecule has 0 radical (unpaired) electrons. The molecule has 170 valence electrons. The van der Waals surface area contributed by atoms with Gasteiger partial charge < -0.3 is 20.1 Å². The van der Waals surface area contributed by atoms with E-state index < -0.39 is 24.0 Å². The summed E-state index contributed by atoms with van der Waals surface area (Å²) in [6.45, 7) is 2.06. The van der Waals surface area contributed by atoms with E-state index in [4.69, 9.17) is 9.84 Å². The Morgan fingerprint density at radius 2 is 2.03 bits per heavy atom. The van der Waals surface area contributed by atoms with Crippen molar-refractivity contribution in [2.24, 2.45) is 0 Å². The van der Waals surface area contributed by atoms with Crippen LogP contribution in [0.4, 0.5) is 20.6 Å². The number of rotatable bonds is 9. The summed E-state index contributed by atoms with van der Waals surface area (Å²) in [5.74, 6) is -1.65. The molecule has 1 aromatic carbocycles. The van der Waals surface area contributed by atoms with Gasteiger partial charge in [-0.3, -0.25) is 24.5 Å². The fourth-order valence-corrected chi connectivity index (χ4v) is 3.22. The monoisotopic (exact) mass is 445 g/mol. The number of carbonyl (C=O) groups excluding carboxylic acids is 2. The summed E-state index contributed by atoms with van der Waals surface area (Å²) in [5, 5.41) is 11.3. The Bertz CT molecular complexity index is 1000. The van der Waals surface area contributed by atoms with Crippen molar-refractivity contribution in [1.29, 1.82) is 0 Å². The first-order valence-corrected chi connectivity index (χ1v) is 9.97. The molecule has 1 aliphatic rings. The molecule has 2 aromatic rings. The summed E-state index contributed by atoms with van der Waals surface area (Å²) in [7, 11) is 1.70. The lowest BCUT2D eigenvalue weighted by Crippen LogP contribution is -2.33. The van der Waals surface area contributed by atoms with Gasteiger partial charge in [-0.15, -0.1) is 0 Å². The maximum atomic E-state index is 14.8. The number of carbonyl (C=O) groups is 3. The molecule has 11 heteroatoms. The van der Waals surface area contributed by atoms with Crippen molar-refractivity contribution >= 4 is 29.3 Å². The maximum absolute atomic E-state index is 14.8. The summed E-state index contributed by atoms with van der Waals surface area (Å²) < 4.78 is 20.0. The Balaban J connectivity index is 1.62. The quantitative estimate of drug-likeness (QED) is 0.598. The number of amides is 2. The third-order valence-electron chi connectivity index (χ3n) is 4.86. The van der Waals surface area contributed by atoms with E-state index >= 15 is 0 Å². The minimum atomic E-state index is -0.903. The standard InChI is InChI=1S/C21H24FN5O5/c1-13(28)23-10-17-12-27(21(31)32-17)16-4-5-19(18(22)7-16)26(2)11-15-9-24-14(8-25-15)3-6-20(29)30/h4-5,7-9,17H,3,6,10-12H2,1-2H3,(H,23,28)(H,29,30)/t17-/m0/s1. The summed E-state index contributed by atoms with van der Waals surface area (Å²) >= 11 is 0. The van der Waals surface area contributed by atoms with Crippen LogP contribution in [-0.4, -0.2) is 59.3 Å². The van der Waals surface area contributed by atoms with Crippen molar-refractivity contribution in [3.63, 3.8) is 0 Å². The number of aliphatic carboxylic acids is 1. The minimum absolute atomic E-state index is 0.0238. The zero-order valence-corrected chi connectivity index (χ0v) is 17.7. The highest BCUT2D eigenvalue weighted by Crippen LogP contribution is 2.28. The lowest BCUT2D eigenvalue weighted by molar-refractivity contribution is -0.137. The molecule has 2 amide bonds. The molecule has 0 spiro atoms. The lowest BCUT2D eigenvalue weighted by atomic mass is 10.2. The Kier molecular flexibility index (Phi) is 7.18. The zero-order chi connectivity index (χ0) is 23.3. The molecule has 2 N–H and O–H groups in total. The first-order valence-electron chi connectivity index (χ1n) is 9.97. The molecule has 0 unspecified atom stereocenters. The number of aryl methyl sites for hydroxylation is 1. The van der Waals surface area contributed by atoms with Gasteiger partial charge in [-0.1, -0.05) is 0 Å². The second kappa shape index (κ2) is 10.0. The van der Waals surface area contributed by atoms with Crippen molar-refractivity contribution in [2.45, 2.75) is 32.4 Å². The predicted molar refractivity (Wildman–Crippen MR) is 113 cm³/mol. The normalized spacial score (nSPS) is 15.4. The highest BCUT2D eigenvalue weighted by Gasteiger charge is 2.32. The Morgan fingerprint density at radius 3 is 2.66 bits per heavy atom. The van der Waals surface area contributed by atoms with Gasteiger partial charge >= 0.3 is 12.1 Å². The smallest absolute Gasteiger partial charge is 0.414 e. The van der Waals surface area contributed by atoms with Crippen LogP contribution in [0.15, 0.2) is 30.6 Å². The van der Waals surface area contributed by atoms with Crippen LogP contribution in [0.1, 0.15) is 24.7 Å². The number of nitrogens with one attached hydrogen (secondary N) is 1. The third-order valence-corrected chi connectivity index (χ3v) is 4.86. The van der Waals surface area contributed by atoms with Crippen LogP contribution < -0.4 is 15.1 Å². The molecule has 0 aliphatic carbocycles. The average molecular weight is 445 g/mol. The number of ether oxygens (including phenoxy) is 1. The maximum Gasteiger partial charge on any atom is 0.414 e. The number of hydrogen-bond donors (Lipinski definition) is 2. The van der Waals surface area contributed by atoms with E-state index in [9.17, 15) is 18.8 Å². The fraction of sp³-hybridized carbons (Fsp3) is 0.381. The van der Waals surface area contributed by atoms with Crippen molar-refractivity contribution in [3.8, 4) is 0 Å². The number of benzene rings is 1. The zero-order valence-electron chi connectivity index (χ0n) is 17.7. The topological polar surface area (TPSA) is 125 Å². The van der Waals surface area contributed by atoms with Gasteiger partial charge in [0.05, 0.1) is 55.0 Å². The number of halogens is 1. The van der Waals surface area contributed by atoms with Crippen LogP contribution in [0.5, 0.6) is 0 Å². The fourth-order valence-electron chi connectivity index (χ4n) is 3.22. The molecule has 1 saturated heterocycles.